The summed E-state index contributed by atoms with van der Waals surface area (Å²) in [4.78, 5) is 10.3. The number of nitrogens with zero attached hydrogens (tertiary/aromatic N) is 2. The van der Waals surface area contributed by atoms with E-state index in [0.29, 0.717) is 16.7 Å². The maximum absolute atomic E-state index is 6.05. The minimum absolute atomic E-state index is 0.293. The van der Waals surface area contributed by atoms with Crippen molar-refractivity contribution < 1.29 is 4.84 Å². The highest BCUT2D eigenvalue weighted by molar-refractivity contribution is 7.98. The van der Waals surface area contributed by atoms with Crippen molar-refractivity contribution in [1.82, 2.24) is 4.98 Å². The van der Waals surface area contributed by atoms with Gasteiger partial charge in [-0.3, -0.25) is 0 Å². The van der Waals surface area contributed by atoms with E-state index in [9.17, 15) is 0 Å². The predicted molar refractivity (Wildman–Crippen MR) is 132 cm³/mol. The Balaban J connectivity index is 1.51. The molecule has 0 N–H and O–H groups in total. The number of thioether (sulfide) groups is 1. The normalized spacial score (nSPS) is 11.3. The van der Waals surface area contributed by atoms with E-state index in [1.165, 1.54) is 5.56 Å². The predicted octanol–water partition coefficient (Wildman–Crippen LogP) is 8.04. The van der Waals surface area contributed by atoms with Gasteiger partial charge in [0.15, 0.2) is 0 Å². The molecule has 0 unspecified atom stereocenters. The van der Waals surface area contributed by atoms with Crippen LogP contribution >= 0.6 is 46.6 Å². The molecule has 0 aliphatic heterocycles. The van der Waals surface area contributed by atoms with Crippen molar-refractivity contribution in [3.8, 4) is 0 Å². The number of para-hydroxylation sites is 1. The number of benzene rings is 3. The molecule has 4 rings (SSSR count). The molecular formula is C24H17Cl3N2OS. The molecule has 0 radical (unpaired) electrons. The molecule has 0 spiro atoms. The van der Waals surface area contributed by atoms with Crippen LogP contribution in [0, 0.1) is 0 Å². The van der Waals surface area contributed by atoms with Crippen molar-refractivity contribution in [3.05, 3.63) is 105 Å². The summed E-state index contributed by atoms with van der Waals surface area (Å²) in [6.45, 7) is 0.293. The maximum atomic E-state index is 6.05. The molecule has 0 atom stereocenters. The molecule has 0 aliphatic rings. The Morgan fingerprint density at radius 2 is 1.65 bits per heavy atom. The Morgan fingerprint density at radius 1 is 0.871 bits per heavy atom. The van der Waals surface area contributed by atoms with E-state index in [1.54, 1.807) is 30.1 Å². The Bertz CT molecular complexity index is 1230. The largest absolute Gasteiger partial charge is 0.391 e. The van der Waals surface area contributed by atoms with Gasteiger partial charge in [0.25, 0.3) is 0 Å². The molecule has 0 aliphatic carbocycles. The van der Waals surface area contributed by atoms with Gasteiger partial charge in [-0.15, -0.1) is 11.8 Å². The van der Waals surface area contributed by atoms with Gasteiger partial charge in [-0.25, -0.2) is 4.98 Å². The fourth-order valence-electron chi connectivity index (χ4n) is 2.89. The highest BCUT2D eigenvalue weighted by atomic mass is 35.5. The highest BCUT2D eigenvalue weighted by Crippen LogP contribution is 2.28. The number of aromatic nitrogens is 1. The van der Waals surface area contributed by atoms with E-state index in [0.717, 1.165) is 37.8 Å². The summed E-state index contributed by atoms with van der Waals surface area (Å²) in [5, 5.41) is 7.81. The van der Waals surface area contributed by atoms with Crippen LogP contribution in [0.4, 0.5) is 0 Å². The lowest BCUT2D eigenvalue weighted by Gasteiger charge is -2.08. The third-order valence-corrected chi connectivity index (χ3v) is 6.56. The summed E-state index contributed by atoms with van der Waals surface area (Å²) in [6.07, 6.45) is 1.70. The van der Waals surface area contributed by atoms with Crippen LogP contribution in [0.3, 0.4) is 0 Å². The first-order chi connectivity index (χ1) is 15.1. The second-order valence-electron chi connectivity index (χ2n) is 6.75. The molecule has 0 saturated heterocycles. The molecule has 1 heterocycles. The molecular weight excluding hydrogens is 471 g/mol. The summed E-state index contributed by atoms with van der Waals surface area (Å²) < 4.78 is 0. The number of hydrogen-bond donors (Lipinski definition) is 0. The van der Waals surface area contributed by atoms with Crippen molar-refractivity contribution in [2.45, 2.75) is 17.4 Å². The number of halogens is 3. The topological polar surface area (TPSA) is 34.5 Å². The first-order valence-corrected chi connectivity index (χ1v) is 11.6. The number of hydrogen-bond acceptors (Lipinski definition) is 4. The second kappa shape index (κ2) is 10.4. The first kappa shape index (κ1) is 22.0. The van der Waals surface area contributed by atoms with Gasteiger partial charge in [-0.05, 0) is 47.5 Å². The molecule has 31 heavy (non-hydrogen) atoms. The quantitative estimate of drug-likeness (QED) is 0.150. The zero-order chi connectivity index (χ0) is 21.6. The van der Waals surface area contributed by atoms with Gasteiger partial charge in [-0.1, -0.05) is 76.4 Å². The fraction of sp³-hybridized carbons (Fsp3) is 0.0833. The van der Waals surface area contributed by atoms with E-state index in [-0.39, 0.29) is 0 Å². The Morgan fingerprint density at radius 3 is 2.45 bits per heavy atom. The lowest BCUT2D eigenvalue weighted by molar-refractivity contribution is 0.132. The number of oxime groups is 1. The van der Waals surface area contributed by atoms with Gasteiger partial charge in [0.2, 0.25) is 0 Å². The number of pyridine rings is 1. The van der Waals surface area contributed by atoms with Gasteiger partial charge in [0.05, 0.1) is 21.8 Å². The van der Waals surface area contributed by atoms with Crippen LogP contribution in [0.25, 0.3) is 10.9 Å². The van der Waals surface area contributed by atoms with Crippen molar-refractivity contribution in [1.29, 1.82) is 0 Å². The molecule has 156 valence electrons. The maximum Gasteiger partial charge on any atom is 0.142 e. The van der Waals surface area contributed by atoms with E-state index >= 15 is 0 Å². The summed E-state index contributed by atoms with van der Waals surface area (Å²) in [5.41, 5.74) is 3.89. The van der Waals surface area contributed by atoms with Crippen LogP contribution in [0.15, 0.2) is 83.0 Å². The van der Waals surface area contributed by atoms with Crippen molar-refractivity contribution in [2.24, 2.45) is 5.16 Å². The average molecular weight is 488 g/mol. The van der Waals surface area contributed by atoms with Gasteiger partial charge in [0, 0.05) is 21.7 Å². The smallest absolute Gasteiger partial charge is 0.142 e. The lowest BCUT2D eigenvalue weighted by Crippen LogP contribution is -1.94. The minimum atomic E-state index is 0.293. The third kappa shape index (κ3) is 5.92. The van der Waals surface area contributed by atoms with E-state index in [1.807, 2.05) is 54.6 Å². The monoisotopic (exact) mass is 486 g/mol. The van der Waals surface area contributed by atoms with Gasteiger partial charge < -0.3 is 4.84 Å². The van der Waals surface area contributed by atoms with Crippen LogP contribution in [0.5, 0.6) is 0 Å². The van der Waals surface area contributed by atoms with E-state index in [2.05, 4.69) is 11.2 Å². The highest BCUT2D eigenvalue weighted by Gasteiger charge is 2.08. The molecule has 0 saturated carbocycles. The standard InChI is InChI=1S/C24H17Cl3N2OS/c25-20-8-5-16(6-9-20)15-31-24-19(12-18-3-1-2-4-23(18)29-24)13-28-30-14-17-7-10-21(26)22(27)11-17/h1-13H,14-15H2. The summed E-state index contributed by atoms with van der Waals surface area (Å²) in [7, 11) is 0. The molecule has 4 aromatic rings. The Labute approximate surface area is 200 Å². The van der Waals surface area contributed by atoms with Crippen molar-refractivity contribution in [2.75, 3.05) is 0 Å². The molecule has 1 aromatic heterocycles. The SMILES string of the molecule is Clc1ccc(CSc2nc3ccccc3cc2C=NOCc2ccc(Cl)c(Cl)c2)cc1. The Kier molecular flexibility index (Phi) is 7.36. The number of rotatable bonds is 7. The van der Waals surface area contributed by atoms with Crippen LogP contribution in [0.1, 0.15) is 16.7 Å². The van der Waals surface area contributed by atoms with Crippen LogP contribution in [-0.4, -0.2) is 11.2 Å². The second-order valence-corrected chi connectivity index (χ2v) is 8.96. The minimum Gasteiger partial charge on any atom is -0.391 e. The van der Waals surface area contributed by atoms with Gasteiger partial charge in [0.1, 0.15) is 11.6 Å². The van der Waals surface area contributed by atoms with Crippen molar-refractivity contribution >= 4 is 63.7 Å². The van der Waals surface area contributed by atoms with Gasteiger partial charge in [-0.2, -0.15) is 0 Å². The summed E-state index contributed by atoms with van der Waals surface area (Å²) >= 11 is 19.6. The molecule has 0 bridgehead atoms. The Hall–Kier alpha value is -2.24. The average Bonchev–Trinajstić information content (AvgIpc) is 2.78. The van der Waals surface area contributed by atoms with Gasteiger partial charge >= 0.3 is 0 Å². The first-order valence-electron chi connectivity index (χ1n) is 9.45. The zero-order valence-electron chi connectivity index (χ0n) is 16.3. The van der Waals surface area contributed by atoms with Crippen molar-refractivity contribution in [3.63, 3.8) is 0 Å². The van der Waals surface area contributed by atoms with Crippen LogP contribution < -0.4 is 0 Å². The molecule has 0 amide bonds. The number of fused-ring (bicyclic) bond motifs is 1. The molecule has 0 fully saturated rings. The molecule has 7 heteroatoms. The summed E-state index contributed by atoms with van der Waals surface area (Å²) in [6, 6.07) is 23.3. The van der Waals surface area contributed by atoms with Crippen LogP contribution in [0.2, 0.25) is 15.1 Å². The fourth-order valence-corrected chi connectivity index (χ4v) is 4.27. The zero-order valence-corrected chi connectivity index (χ0v) is 19.3. The summed E-state index contributed by atoms with van der Waals surface area (Å²) in [5.74, 6) is 0.771. The van der Waals surface area contributed by atoms with Crippen LogP contribution in [-0.2, 0) is 17.2 Å². The molecule has 3 nitrogen and oxygen atoms in total. The third-order valence-electron chi connectivity index (χ3n) is 4.49. The lowest BCUT2D eigenvalue weighted by atomic mass is 10.2. The van der Waals surface area contributed by atoms with E-state index < -0.39 is 0 Å². The van der Waals surface area contributed by atoms with E-state index in [4.69, 9.17) is 44.6 Å². The molecule has 3 aromatic carbocycles.